The van der Waals surface area contributed by atoms with E-state index >= 15 is 0 Å². The SMILES string of the molecule is COCC1(CNC(=O)C2CC(=O)N(c3ccc(OC)cc3)C2)CCNCC1. The molecule has 0 aromatic heterocycles. The van der Waals surface area contributed by atoms with Crippen LogP contribution in [0.25, 0.3) is 0 Å². The van der Waals surface area contributed by atoms with E-state index in [1.54, 1.807) is 19.1 Å². The topological polar surface area (TPSA) is 79.9 Å². The lowest BCUT2D eigenvalue weighted by Gasteiger charge is -2.37. The second kappa shape index (κ2) is 8.71. The standard InChI is InChI=1S/C20H29N3O4/c1-26-14-20(7-9-21-10-8-20)13-22-19(25)15-11-18(24)23(12-15)16-3-5-17(27-2)6-4-16/h3-6,15,21H,7-14H2,1-2H3,(H,22,25). The summed E-state index contributed by atoms with van der Waals surface area (Å²) < 4.78 is 10.6. The number of piperidine rings is 1. The van der Waals surface area contributed by atoms with E-state index in [0.29, 0.717) is 19.7 Å². The summed E-state index contributed by atoms with van der Waals surface area (Å²) in [5, 5.41) is 6.44. The lowest BCUT2D eigenvalue weighted by molar-refractivity contribution is -0.127. The first-order valence-electron chi connectivity index (χ1n) is 9.49. The molecule has 1 aromatic rings. The number of anilines is 1. The van der Waals surface area contributed by atoms with E-state index in [4.69, 9.17) is 9.47 Å². The summed E-state index contributed by atoms with van der Waals surface area (Å²) >= 11 is 0. The summed E-state index contributed by atoms with van der Waals surface area (Å²) in [5.74, 6) is 0.355. The molecule has 0 saturated carbocycles. The van der Waals surface area contributed by atoms with Crippen molar-refractivity contribution in [3.05, 3.63) is 24.3 Å². The van der Waals surface area contributed by atoms with Crippen LogP contribution in [0.3, 0.4) is 0 Å². The van der Waals surface area contributed by atoms with Crippen LogP contribution in [0.5, 0.6) is 5.75 Å². The van der Waals surface area contributed by atoms with Crippen LogP contribution in [-0.2, 0) is 14.3 Å². The van der Waals surface area contributed by atoms with Gasteiger partial charge in [-0.15, -0.1) is 0 Å². The smallest absolute Gasteiger partial charge is 0.227 e. The molecule has 2 fully saturated rings. The normalized spacial score (nSPS) is 21.9. The van der Waals surface area contributed by atoms with Gasteiger partial charge in [0.25, 0.3) is 0 Å². The van der Waals surface area contributed by atoms with Gasteiger partial charge in [-0.05, 0) is 50.2 Å². The summed E-state index contributed by atoms with van der Waals surface area (Å²) in [4.78, 5) is 26.8. The fraction of sp³-hybridized carbons (Fsp3) is 0.600. The van der Waals surface area contributed by atoms with E-state index in [1.165, 1.54) is 0 Å². The lowest BCUT2D eigenvalue weighted by atomic mass is 9.79. The Balaban J connectivity index is 1.58. The minimum atomic E-state index is -0.319. The van der Waals surface area contributed by atoms with Gasteiger partial charge < -0.3 is 25.0 Å². The van der Waals surface area contributed by atoms with Crippen molar-refractivity contribution in [1.82, 2.24) is 10.6 Å². The Labute approximate surface area is 160 Å². The van der Waals surface area contributed by atoms with Gasteiger partial charge in [-0.1, -0.05) is 0 Å². The fourth-order valence-corrected chi connectivity index (χ4v) is 3.95. The molecule has 2 heterocycles. The number of carbonyl (C=O) groups is 2. The van der Waals surface area contributed by atoms with Crippen molar-refractivity contribution >= 4 is 17.5 Å². The zero-order valence-corrected chi connectivity index (χ0v) is 16.1. The second-order valence-electron chi connectivity index (χ2n) is 7.50. The molecule has 2 aliphatic heterocycles. The van der Waals surface area contributed by atoms with Crippen LogP contribution >= 0.6 is 0 Å². The zero-order valence-electron chi connectivity index (χ0n) is 16.1. The number of carbonyl (C=O) groups excluding carboxylic acids is 2. The largest absolute Gasteiger partial charge is 0.497 e. The summed E-state index contributed by atoms with van der Waals surface area (Å²) in [6.07, 6.45) is 2.20. The van der Waals surface area contributed by atoms with Crippen molar-refractivity contribution in [3.63, 3.8) is 0 Å². The van der Waals surface area contributed by atoms with Gasteiger partial charge in [0.15, 0.2) is 0 Å². The molecule has 0 bridgehead atoms. The number of hydrogen-bond acceptors (Lipinski definition) is 5. The van der Waals surface area contributed by atoms with Gasteiger partial charge in [0.05, 0.1) is 19.6 Å². The molecule has 2 aliphatic rings. The third-order valence-corrected chi connectivity index (χ3v) is 5.63. The first kappa shape index (κ1) is 19.6. The van der Waals surface area contributed by atoms with Crippen molar-refractivity contribution in [2.45, 2.75) is 19.3 Å². The maximum absolute atomic E-state index is 12.7. The zero-order chi connectivity index (χ0) is 19.3. The van der Waals surface area contributed by atoms with Gasteiger partial charge >= 0.3 is 0 Å². The molecule has 2 N–H and O–H groups in total. The first-order valence-corrected chi connectivity index (χ1v) is 9.49. The first-order chi connectivity index (χ1) is 13.1. The monoisotopic (exact) mass is 375 g/mol. The Hall–Kier alpha value is -2.12. The molecule has 2 saturated heterocycles. The van der Waals surface area contributed by atoms with E-state index in [2.05, 4.69) is 10.6 Å². The van der Waals surface area contributed by atoms with Gasteiger partial charge in [-0.25, -0.2) is 0 Å². The predicted octanol–water partition coefficient (Wildman–Crippen LogP) is 1.18. The van der Waals surface area contributed by atoms with Gasteiger partial charge in [0, 0.05) is 37.7 Å². The lowest BCUT2D eigenvalue weighted by Crippen LogP contribution is -2.48. The Morgan fingerprint density at radius 3 is 2.59 bits per heavy atom. The molecule has 7 heteroatoms. The molecule has 7 nitrogen and oxygen atoms in total. The molecular weight excluding hydrogens is 346 g/mol. The van der Waals surface area contributed by atoms with Crippen molar-refractivity contribution in [2.75, 3.05) is 51.9 Å². The maximum atomic E-state index is 12.7. The highest BCUT2D eigenvalue weighted by atomic mass is 16.5. The van der Waals surface area contributed by atoms with Crippen LogP contribution < -0.4 is 20.3 Å². The Morgan fingerprint density at radius 2 is 1.96 bits per heavy atom. The molecule has 0 radical (unpaired) electrons. The van der Waals surface area contributed by atoms with Crippen LogP contribution in [0.15, 0.2) is 24.3 Å². The molecule has 1 aromatic carbocycles. The number of nitrogens with zero attached hydrogens (tertiary/aromatic N) is 1. The highest BCUT2D eigenvalue weighted by Gasteiger charge is 2.37. The summed E-state index contributed by atoms with van der Waals surface area (Å²) in [5.41, 5.74) is 0.777. The Bertz CT molecular complexity index is 650. The molecule has 0 spiro atoms. The van der Waals surface area contributed by atoms with Gasteiger partial charge in [-0.2, -0.15) is 0 Å². The van der Waals surface area contributed by atoms with Gasteiger partial charge in [-0.3, -0.25) is 9.59 Å². The van der Waals surface area contributed by atoms with Crippen LogP contribution in [0, 0.1) is 11.3 Å². The van der Waals surface area contributed by atoms with Gasteiger partial charge in [0.2, 0.25) is 11.8 Å². The van der Waals surface area contributed by atoms with E-state index in [-0.39, 0.29) is 29.6 Å². The Kier molecular flexibility index (Phi) is 6.34. The van der Waals surface area contributed by atoms with Crippen LogP contribution in [0.2, 0.25) is 0 Å². The third kappa shape index (κ3) is 4.59. The minimum Gasteiger partial charge on any atom is -0.497 e. The van der Waals surface area contributed by atoms with E-state index in [1.807, 2.05) is 24.3 Å². The predicted molar refractivity (Wildman–Crippen MR) is 103 cm³/mol. The second-order valence-corrected chi connectivity index (χ2v) is 7.50. The van der Waals surface area contributed by atoms with E-state index < -0.39 is 0 Å². The summed E-state index contributed by atoms with van der Waals surface area (Å²) in [7, 11) is 3.31. The van der Waals surface area contributed by atoms with Crippen LogP contribution in [0.1, 0.15) is 19.3 Å². The highest BCUT2D eigenvalue weighted by molar-refractivity contribution is 6.00. The highest BCUT2D eigenvalue weighted by Crippen LogP contribution is 2.30. The third-order valence-electron chi connectivity index (χ3n) is 5.63. The number of rotatable bonds is 7. The Morgan fingerprint density at radius 1 is 1.26 bits per heavy atom. The molecule has 27 heavy (non-hydrogen) atoms. The average Bonchev–Trinajstić information content (AvgIpc) is 3.09. The molecule has 2 amide bonds. The molecular formula is C20H29N3O4. The quantitative estimate of drug-likeness (QED) is 0.748. The summed E-state index contributed by atoms with van der Waals surface area (Å²) in [6, 6.07) is 7.34. The molecule has 1 unspecified atom stereocenters. The van der Waals surface area contributed by atoms with Crippen LogP contribution in [0.4, 0.5) is 5.69 Å². The number of benzene rings is 1. The van der Waals surface area contributed by atoms with Gasteiger partial charge in [0.1, 0.15) is 5.75 Å². The van der Waals surface area contributed by atoms with Crippen molar-refractivity contribution < 1.29 is 19.1 Å². The molecule has 1 atom stereocenters. The van der Waals surface area contributed by atoms with Crippen LogP contribution in [-0.4, -0.2) is 58.8 Å². The number of nitrogens with one attached hydrogen (secondary N) is 2. The fourth-order valence-electron chi connectivity index (χ4n) is 3.95. The van der Waals surface area contributed by atoms with Crippen molar-refractivity contribution in [2.24, 2.45) is 11.3 Å². The summed E-state index contributed by atoms with van der Waals surface area (Å²) in [6.45, 7) is 3.51. The van der Waals surface area contributed by atoms with E-state index in [9.17, 15) is 9.59 Å². The number of amides is 2. The van der Waals surface area contributed by atoms with Crippen molar-refractivity contribution in [1.29, 1.82) is 0 Å². The average molecular weight is 375 g/mol. The number of methoxy groups -OCH3 is 2. The van der Waals surface area contributed by atoms with E-state index in [0.717, 1.165) is 37.4 Å². The molecule has 148 valence electrons. The number of ether oxygens (including phenoxy) is 2. The molecule has 3 rings (SSSR count). The maximum Gasteiger partial charge on any atom is 0.227 e. The van der Waals surface area contributed by atoms with Crippen molar-refractivity contribution in [3.8, 4) is 5.75 Å². The number of hydrogen-bond donors (Lipinski definition) is 2. The minimum absolute atomic E-state index is 0.0196. The molecule has 0 aliphatic carbocycles.